The summed E-state index contributed by atoms with van der Waals surface area (Å²) in [6, 6.07) is 0. The van der Waals surface area contributed by atoms with Crippen molar-refractivity contribution in [2.75, 3.05) is 0 Å². The minimum Gasteiger partial charge on any atom is -2.00 e. The summed E-state index contributed by atoms with van der Waals surface area (Å²) in [7, 11) is 0. The van der Waals surface area contributed by atoms with E-state index in [0.717, 1.165) is 0 Å². The van der Waals surface area contributed by atoms with Gasteiger partial charge in [-0.2, -0.15) is 0 Å². The van der Waals surface area contributed by atoms with E-state index in [0.29, 0.717) is 0 Å². The molecule has 0 unspecified atom stereocenters. The third-order valence-corrected chi connectivity index (χ3v) is 0. The van der Waals surface area contributed by atoms with Gasteiger partial charge >= 0.3 is 55.7 Å². The van der Waals surface area contributed by atoms with E-state index in [1.54, 1.807) is 69.2 Å². The smallest absolute Gasteiger partial charge is 2.00 e. The molecule has 0 radical (unpaired) electrons. The molecule has 0 saturated carbocycles. The Morgan fingerprint density at radius 3 is 0.286 bits per heavy atom. The number of hydrogen-bond acceptors (Lipinski definition) is 5. The summed E-state index contributed by atoms with van der Waals surface area (Å²) in [5, 5.41) is 47.6. The molecule has 0 heterocycles. The fourth-order valence-electron chi connectivity index (χ4n) is 0. The molecular formula is C15H35O10V3. The van der Waals surface area contributed by atoms with Crippen LogP contribution in [-0.4, -0.2) is 30.5 Å². The predicted octanol–water partition coefficient (Wildman–Crippen LogP) is -1.83. The molecule has 0 spiro atoms. The molecule has 0 rings (SSSR count). The zero-order chi connectivity index (χ0) is 17.9. The van der Waals surface area contributed by atoms with E-state index in [9.17, 15) is 25.5 Å². The van der Waals surface area contributed by atoms with E-state index in [4.69, 9.17) is 0 Å². The first-order valence-corrected chi connectivity index (χ1v) is 6.95. The standard InChI is InChI=1S/5C3H7O.5O.3V/c5*1-3(2)4;;;;;;;;/h5*3H,1-2H3;;;;;;;;/q5*-1;5*-2;3*+5. The molecule has 0 bridgehead atoms. The van der Waals surface area contributed by atoms with Gasteiger partial charge in [0, 0.05) is 0 Å². The Hall–Kier alpha value is 1.35. The van der Waals surface area contributed by atoms with Gasteiger partial charge in [0.1, 0.15) is 0 Å². The summed E-state index contributed by atoms with van der Waals surface area (Å²) in [6.45, 7) is 16.1. The zero-order valence-electron chi connectivity index (χ0n) is 18.3. The van der Waals surface area contributed by atoms with Crippen molar-refractivity contribution in [1.29, 1.82) is 0 Å². The summed E-state index contributed by atoms with van der Waals surface area (Å²) < 4.78 is 0. The van der Waals surface area contributed by atoms with Crippen LogP contribution in [0.15, 0.2) is 0 Å². The van der Waals surface area contributed by atoms with Crippen LogP contribution < -0.4 is 25.5 Å². The van der Waals surface area contributed by atoms with Crippen molar-refractivity contribution in [2.24, 2.45) is 0 Å². The molecule has 0 aliphatic carbocycles. The predicted molar refractivity (Wildman–Crippen MR) is 79.1 cm³/mol. The average molecular weight is 528 g/mol. The largest absolute Gasteiger partial charge is 5.00 e. The van der Waals surface area contributed by atoms with Gasteiger partial charge in [0.25, 0.3) is 0 Å². The Morgan fingerprint density at radius 2 is 0.286 bits per heavy atom. The van der Waals surface area contributed by atoms with Gasteiger partial charge in [0.05, 0.1) is 0 Å². The van der Waals surface area contributed by atoms with Crippen LogP contribution in [0.5, 0.6) is 0 Å². The van der Waals surface area contributed by atoms with Crippen LogP contribution in [0, 0.1) is 0 Å². The van der Waals surface area contributed by atoms with Gasteiger partial charge < -0.3 is 52.9 Å². The quantitative estimate of drug-likeness (QED) is 0.350. The zero-order valence-corrected chi connectivity index (χ0v) is 22.5. The van der Waals surface area contributed by atoms with Gasteiger partial charge in [-0.25, -0.2) is 0 Å². The second kappa shape index (κ2) is 79.3. The minimum atomic E-state index is -0.417. The minimum absolute atomic E-state index is 0. The van der Waals surface area contributed by atoms with E-state index in [1.807, 2.05) is 0 Å². The van der Waals surface area contributed by atoms with Gasteiger partial charge in [-0.05, 0) is 0 Å². The number of hydrogen-bond donors (Lipinski definition) is 0. The molecule has 13 heteroatoms. The monoisotopic (exact) mass is 528 g/mol. The molecule has 0 aliphatic rings. The van der Waals surface area contributed by atoms with Crippen LogP contribution in [0.4, 0.5) is 0 Å². The molecule has 0 aromatic rings. The van der Waals surface area contributed by atoms with E-state index >= 15 is 0 Å². The fourth-order valence-corrected chi connectivity index (χ4v) is 0. The SMILES string of the molecule is CC(C)[O-].CC(C)[O-].CC(C)[O-].CC(C)[O-].CC(C)[O-].[O-2].[O-2].[O-2].[O-2].[O-2].[V+5].[V+5].[V+5]. The Morgan fingerprint density at radius 1 is 0.286 bits per heavy atom. The van der Waals surface area contributed by atoms with Crippen LogP contribution in [0.2, 0.25) is 0 Å². The van der Waals surface area contributed by atoms with Crippen molar-refractivity contribution in [3.63, 3.8) is 0 Å². The molecule has 170 valence electrons. The van der Waals surface area contributed by atoms with E-state index in [-0.39, 0.29) is 83.0 Å². The summed E-state index contributed by atoms with van der Waals surface area (Å²) in [4.78, 5) is 0. The van der Waals surface area contributed by atoms with Crippen LogP contribution in [0.3, 0.4) is 0 Å². The summed E-state index contributed by atoms with van der Waals surface area (Å²) in [5.74, 6) is 0. The third kappa shape index (κ3) is 10400. The van der Waals surface area contributed by atoms with Crippen molar-refractivity contribution >= 4 is 0 Å². The van der Waals surface area contributed by atoms with Gasteiger partial charge in [-0.15, -0.1) is 30.5 Å². The van der Waals surface area contributed by atoms with Gasteiger partial charge in [-0.3, -0.25) is 0 Å². The van der Waals surface area contributed by atoms with Crippen LogP contribution >= 0.6 is 0 Å². The molecule has 28 heavy (non-hydrogen) atoms. The topological polar surface area (TPSA) is 258 Å². The first-order chi connectivity index (χ1) is 8.66. The second-order valence-electron chi connectivity index (χ2n) is 5.24. The van der Waals surface area contributed by atoms with E-state index < -0.39 is 30.5 Å². The maximum atomic E-state index is 9.53. The maximum Gasteiger partial charge on any atom is 5.00 e. The molecule has 0 amide bonds. The molecular weight excluding hydrogens is 493 g/mol. The van der Waals surface area contributed by atoms with Crippen LogP contribution in [0.1, 0.15) is 69.2 Å². The first-order valence-electron chi connectivity index (χ1n) is 6.95. The maximum absolute atomic E-state index is 9.53. The molecule has 0 aromatic carbocycles. The molecule has 0 atom stereocenters. The van der Waals surface area contributed by atoms with Crippen molar-refractivity contribution < 1.29 is 109 Å². The van der Waals surface area contributed by atoms with Gasteiger partial charge in [0.15, 0.2) is 0 Å². The van der Waals surface area contributed by atoms with Crippen molar-refractivity contribution in [2.45, 2.75) is 99.8 Å². The van der Waals surface area contributed by atoms with Gasteiger partial charge in [0.2, 0.25) is 0 Å². The fraction of sp³-hybridized carbons (Fsp3) is 1.00. The Balaban J connectivity index is -0.00000000852. The first kappa shape index (κ1) is 88.2. The molecule has 0 fully saturated rings. The molecule has 0 aromatic heterocycles. The van der Waals surface area contributed by atoms with E-state index in [1.165, 1.54) is 0 Å². The normalized spacial score (nSPS) is 6.43. The summed E-state index contributed by atoms with van der Waals surface area (Å²) in [5.41, 5.74) is 0. The Kier molecular flexibility index (Phi) is 250. The van der Waals surface area contributed by atoms with Crippen molar-refractivity contribution in [1.82, 2.24) is 0 Å². The third-order valence-electron chi connectivity index (χ3n) is 0. The summed E-state index contributed by atoms with van der Waals surface area (Å²) >= 11 is 0. The van der Waals surface area contributed by atoms with Crippen LogP contribution in [0.25, 0.3) is 0 Å². The average Bonchev–Trinajstić information content (AvgIpc) is 1.94. The van der Waals surface area contributed by atoms with Crippen molar-refractivity contribution in [3.8, 4) is 0 Å². The molecule has 0 saturated heterocycles. The van der Waals surface area contributed by atoms with E-state index in [2.05, 4.69) is 0 Å². The summed E-state index contributed by atoms with van der Waals surface area (Å²) in [6.07, 6.45) is -2.08. The van der Waals surface area contributed by atoms with Gasteiger partial charge in [-0.1, -0.05) is 69.2 Å². The molecule has 0 aliphatic heterocycles. The number of rotatable bonds is 0. The Labute approximate surface area is 207 Å². The second-order valence-corrected chi connectivity index (χ2v) is 5.24. The molecule has 10 nitrogen and oxygen atoms in total. The Bertz CT molecular complexity index is 96.6. The van der Waals surface area contributed by atoms with Crippen molar-refractivity contribution in [3.05, 3.63) is 0 Å². The molecule has 0 N–H and O–H groups in total. The van der Waals surface area contributed by atoms with Crippen LogP contribution in [-0.2, 0) is 83.0 Å².